The Kier molecular flexibility index (Phi) is 13.8. The first-order valence-electron chi connectivity index (χ1n) is 17.3. The van der Waals surface area contributed by atoms with E-state index in [0.29, 0.717) is 5.56 Å². The quantitative estimate of drug-likeness (QED) is 0.0722. The minimum atomic E-state index is -3.08. The van der Waals surface area contributed by atoms with E-state index in [-0.39, 0.29) is 23.0 Å². The average molecular weight is 793 g/mol. The molecule has 0 aliphatic heterocycles. The van der Waals surface area contributed by atoms with E-state index in [1.54, 1.807) is 20.8 Å². The molecule has 3 aromatic carbocycles. The highest BCUT2D eigenvalue weighted by Crippen LogP contribution is 2.37. The van der Waals surface area contributed by atoms with Crippen molar-refractivity contribution in [2.75, 3.05) is 18.5 Å². The maximum atomic E-state index is 14.9. The molecule has 0 saturated heterocycles. The molecule has 4 rings (SSSR count). The van der Waals surface area contributed by atoms with Gasteiger partial charge in [-0.15, -0.1) is 11.3 Å². The summed E-state index contributed by atoms with van der Waals surface area (Å²) in [6, 6.07) is 20.3. The van der Waals surface area contributed by atoms with Gasteiger partial charge in [-0.2, -0.15) is 0 Å². The van der Waals surface area contributed by atoms with Gasteiger partial charge in [0.05, 0.1) is 12.3 Å². The van der Waals surface area contributed by atoms with Crippen molar-refractivity contribution >= 4 is 65.6 Å². The van der Waals surface area contributed by atoms with E-state index >= 15 is 0 Å². The fourth-order valence-corrected chi connectivity index (χ4v) is 10.9. The summed E-state index contributed by atoms with van der Waals surface area (Å²) in [5, 5.41) is 7.83. The van der Waals surface area contributed by atoms with Gasteiger partial charge in [-0.3, -0.25) is 14.9 Å². The van der Waals surface area contributed by atoms with Gasteiger partial charge in [-0.1, -0.05) is 81.4 Å². The lowest BCUT2D eigenvalue weighted by Crippen LogP contribution is -2.67. The van der Waals surface area contributed by atoms with Crippen LogP contribution in [0.4, 0.5) is 14.9 Å². The van der Waals surface area contributed by atoms with Gasteiger partial charge in [0.1, 0.15) is 34.8 Å². The summed E-state index contributed by atoms with van der Waals surface area (Å²) in [6.07, 6.45) is -0.832. The van der Waals surface area contributed by atoms with Crippen molar-refractivity contribution in [2.45, 2.75) is 71.2 Å². The summed E-state index contributed by atoms with van der Waals surface area (Å²) in [7, 11) is -3.08. The normalized spacial score (nSPS) is 12.9. The molecule has 292 valence electrons. The minimum Gasteiger partial charge on any atom is -0.463 e. The first-order valence-corrected chi connectivity index (χ1v) is 20.1. The van der Waals surface area contributed by atoms with Gasteiger partial charge >= 0.3 is 24.0 Å². The molecule has 0 radical (unpaired) electrons. The molecule has 1 aromatic heterocycles. The number of esters is 3. The summed E-state index contributed by atoms with van der Waals surface area (Å²) in [5.41, 5.74) is 5.49. The van der Waals surface area contributed by atoms with E-state index in [9.17, 15) is 28.4 Å². The smallest absolute Gasteiger partial charge is 0.412 e. The van der Waals surface area contributed by atoms with E-state index < -0.39 is 73.4 Å². The van der Waals surface area contributed by atoms with E-state index in [1.165, 1.54) is 17.5 Å². The second-order valence-electron chi connectivity index (χ2n) is 14.5. The van der Waals surface area contributed by atoms with Crippen LogP contribution in [0.25, 0.3) is 10.6 Å². The number of nitrogens with two attached hydrogens (primary N) is 1. The topological polar surface area (TPSA) is 185 Å². The molecule has 0 bridgehead atoms. The molecule has 0 unspecified atom stereocenters. The molecule has 0 aliphatic carbocycles. The number of thiazole rings is 1. The molecule has 0 saturated carbocycles. The first kappa shape index (κ1) is 42.4. The van der Waals surface area contributed by atoms with Crippen molar-refractivity contribution in [2.24, 2.45) is 5.73 Å². The molecule has 0 aliphatic rings. The fraction of sp³-hybridized carbons (Fsp3) is 0.333. The Bertz CT molecular complexity index is 1960. The van der Waals surface area contributed by atoms with Crippen molar-refractivity contribution in [3.63, 3.8) is 0 Å². The van der Waals surface area contributed by atoms with Gasteiger partial charge in [-0.25, -0.2) is 23.8 Å². The molecule has 4 aromatic rings. The van der Waals surface area contributed by atoms with Crippen LogP contribution in [0.1, 0.15) is 59.0 Å². The standard InChI is InChI=1S/C39H45FN4O9SSi/c1-24(45)50-22-31(42-33(46)32-23-54-34(43-32)25-18-19-30(28(40)20-25)44-37(49)53-38(2,3)4)36(48)52-35(47)29(41)21-51-55(39(5,6)7,26-14-10-8-11-15-26)27-16-12-9-13-17-27/h8-20,23,29,31H,21-22,41H2,1-7H3,(H,42,46)(H,44,49)/t29-,31-/m0/s1. The molecule has 1 heterocycles. The van der Waals surface area contributed by atoms with E-state index in [1.807, 2.05) is 60.7 Å². The van der Waals surface area contributed by atoms with Crippen LogP contribution in [-0.4, -0.2) is 74.1 Å². The zero-order chi connectivity index (χ0) is 40.6. The number of hydrogen-bond donors (Lipinski definition) is 3. The molecular weight excluding hydrogens is 748 g/mol. The Morgan fingerprint density at radius 2 is 1.47 bits per heavy atom. The molecule has 55 heavy (non-hydrogen) atoms. The van der Waals surface area contributed by atoms with Gasteiger partial charge in [0.25, 0.3) is 14.2 Å². The molecule has 0 fully saturated rings. The van der Waals surface area contributed by atoms with Crippen LogP contribution in [-0.2, 0) is 33.0 Å². The lowest BCUT2D eigenvalue weighted by atomic mass is 10.2. The molecule has 4 N–H and O–H groups in total. The Hall–Kier alpha value is -5.29. The van der Waals surface area contributed by atoms with Crippen LogP contribution in [0.15, 0.2) is 84.2 Å². The highest BCUT2D eigenvalue weighted by molar-refractivity contribution is 7.13. The number of nitrogens with one attached hydrogen (secondary N) is 2. The number of anilines is 1. The Labute approximate surface area is 323 Å². The Balaban J connectivity index is 1.45. The van der Waals surface area contributed by atoms with Crippen LogP contribution in [0.3, 0.4) is 0 Å². The van der Waals surface area contributed by atoms with Gasteiger partial charge in [-0.05, 0) is 54.4 Å². The molecule has 2 amide bonds. The van der Waals surface area contributed by atoms with Crippen LogP contribution < -0.4 is 26.7 Å². The summed E-state index contributed by atoms with van der Waals surface area (Å²) >= 11 is 1.01. The maximum absolute atomic E-state index is 14.9. The minimum absolute atomic E-state index is 0.122. The van der Waals surface area contributed by atoms with Gasteiger partial charge in [0.2, 0.25) is 0 Å². The second-order valence-corrected chi connectivity index (χ2v) is 19.7. The summed E-state index contributed by atoms with van der Waals surface area (Å²) in [5.74, 6) is -4.74. The third-order valence-electron chi connectivity index (χ3n) is 8.03. The van der Waals surface area contributed by atoms with Crippen LogP contribution in [0, 0.1) is 5.82 Å². The summed E-state index contributed by atoms with van der Waals surface area (Å²) in [6.45, 7) is 11.3. The number of benzene rings is 3. The highest BCUT2D eigenvalue weighted by atomic mass is 32.1. The monoisotopic (exact) mass is 792 g/mol. The zero-order valence-electron chi connectivity index (χ0n) is 31.6. The molecule has 13 nitrogen and oxygen atoms in total. The van der Waals surface area contributed by atoms with Crippen LogP contribution >= 0.6 is 11.3 Å². The number of carbonyl (C=O) groups excluding carboxylic acids is 5. The van der Waals surface area contributed by atoms with Gasteiger partial charge < -0.3 is 29.7 Å². The number of nitrogens with zero attached hydrogens (tertiary/aromatic N) is 1. The van der Waals surface area contributed by atoms with Crippen LogP contribution in [0.2, 0.25) is 5.04 Å². The molecule has 16 heteroatoms. The fourth-order valence-electron chi connectivity index (χ4n) is 5.57. The molecule has 0 spiro atoms. The number of rotatable bonds is 13. The van der Waals surface area contributed by atoms with Crippen molar-refractivity contribution in [1.82, 2.24) is 10.3 Å². The number of carbonyl (C=O) groups is 5. The zero-order valence-corrected chi connectivity index (χ0v) is 33.5. The number of halogens is 1. The Morgan fingerprint density at radius 3 is 2.00 bits per heavy atom. The van der Waals surface area contributed by atoms with E-state index in [0.717, 1.165) is 34.7 Å². The van der Waals surface area contributed by atoms with Gasteiger partial charge in [0, 0.05) is 17.9 Å². The Morgan fingerprint density at radius 1 is 0.873 bits per heavy atom. The third-order valence-corrected chi connectivity index (χ3v) is 13.9. The van der Waals surface area contributed by atoms with Crippen molar-refractivity contribution < 1.29 is 47.0 Å². The number of amides is 2. The van der Waals surface area contributed by atoms with Gasteiger partial charge in [0.15, 0.2) is 6.04 Å². The number of ether oxygens (including phenoxy) is 3. The molecular formula is C39H45FN4O9SSi. The third kappa shape index (κ3) is 11.1. The molecule has 2 atom stereocenters. The predicted molar refractivity (Wildman–Crippen MR) is 208 cm³/mol. The summed E-state index contributed by atoms with van der Waals surface area (Å²) < 4.78 is 36.8. The summed E-state index contributed by atoms with van der Waals surface area (Å²) in [4.78, 5) is 67.6. The van der Waals surface area contributed by atoms with E-state index in [4.69, 9.17) is 24.4 Å². The SMILES string of the molecule is CC(=O)OC[C@H](NC(=O)c1csc(-c2ccc(NC(=O)OC(C)(C)C)c(F)c2)n1)C(=O)OC(=O)[C@@H](N)CO[Si](c1ccccc1)(c1ccccc1)C(C)(C)C. The number of aromatic nitrogens is 1. The second kappa shape index (κ2) is 17.9. The van der Waals surface area contributed by atoms with Crippen molar-refractivity contribution in [3.8, 4) is 10.6 Å². The lowest BCUT2D eigenvalue weighted by molar-refractivity contribution is -0.163. The highest BCUT2D eigenvalue weighted by Gasteiger charge is 2.50. The van der Waals surface area contributed by atoms with E-state index in [2.05, 4.69) is 36.4 Å². The largest absolute Gasteiger partial charge is 0.463 e. The van der Waals surface area contributed by atoms with Crippen molar-refractivity contribution in [3.05, 3.63) is 95.8 Å². The first-order chi connectivity index (χ1) is 25.8. The maximum Gasteiger partial charge on any atom is 0.412 e. The lowest BCUT2D eigenvalue weighted by Gasteiger charge is -2.43. The average Bonchev–Trinajstić information content (AvgIpc) is 3.61. The predicted octanol–water partition coefficient (Wildman–Crippen LogP) is 4.93. The number of hydrogen-bond acceptors (Lipinski definition) is 12. The van der Waals surface area contributed by atoms with Crippen LogP contribution in [0.5, 0.6) is 0 Å². The van der Waals surface area contributed by atoms with Crippen molar-refractivity contribution in [1.29, 1.82) is 0 Å².